The molecule has 100 valence electrons. The summed E-state index contributed by atoms with van der Waals surface area (Å²) in [6.07, 6.45) is 0. The van der Waals surface area contributed by atoms with E-state index in [1.807, 2.05) is 37.3 Å². The Balaban J connectivity index is 2.11. The lowest BCUT2D eigenvalue weighted by Gasteiger charge is -2.19. The second-order valence-corrected chi connectivity index (χ2v) is 5.08. The fourth-order valence-electron chi connectivity index (χ4n) is 1.80. The van der Waals surface area contributed by atoms with Crippen LogP contribution in [0, 0.1) is 0 Å². The number of hydrogen-bond donors (Lipinski definition) is 1. The average Bonchev–Trinajstić information content (AvgIpc) is 2.94. The van der Waals surface area contributed by atoms with Crippen LogP contribution < -0.4 is 5.73 Å². The second kappa shape index (κ2) is 6.45. The van der Waals surface area contributed by atoms with E-state index in [0.29, 0.717) is 25.3 Å². The number of carbonyl (C=O) groups excluding carboxylic acids is 1. The molecular formula is C14H17N3OS. The molecular weight excluding hydrogens is 258 g/mol. The van der Waals surface area contributed by atoms with Gasteiger partial charge in [0.15, 0.2) is 0 Å². The molecule has 0 aliphatic rings. The monoisotopic (exact) mass is 275 g/mol. The van der Waals surface area contributed by atoms with Gasteiger partial charge in [0.1, 0.15) is 10.7 Å². The van der Waals surface area contributed by atoms with E-state index in [9.17, 15) is 4.79 Å². The van der Waals surface area contributed by atoms with E-state index >= 15 is 0 Å². The highest BCUT2D eigenvalue weighted by Crippen LogP contribution is 2.13. The van der Waals surface area contributed by atoms with Crippen molar-refractivity contribution in [3.63, 3.8) is 0 Å². The van der Waals surface area contributed by atoms with Crippen LogP contribution in [0.25, 0.3) is 0 Å². The molecule has 0 aliphatic heterocycles. The average molecular weight is 275 g/mol. The largest absolute Gasteiger partial charge is 0.333 e. The molecule has 0 bridgehead atoms. The Kier molecular flexibility index (Phi) is 4.65. The van der Waals surface area contributed by atoms with Gasteiger partial charge in [0, 0.05) is 25.0 Å². The lowest BCUT2D eigenvalue weighted by molar-refractivity contribution is 0.0747. The second-order valence-electron chi connectivity index (χ2n) is 4.14. The zero-order valence-electron chi connectivity index (χ0n) is 10.9. The van der Waals surface area contributed by atoms with Gasteiger partial charge in [-0.05, 0) is 12.5 Å². The van der Waals surface area contributed by atoms with E-state index in [-0.39, 0.29) is 5.91 Å². The van der Waals surface area contributed by atoms with Crippen LogP contribution in [0.4, 0.5) is 0 Å². The maximum atomic E-state index is 12.3. The Hall–Kier alpha value is -1.72. The van der Waals surface area contributed by atoms with Gasteiger partial charge >= 0.3 is 0 Å². The van der Waals surface area contributed by atoms with Gasteiger partial charge in [-0.2, -0.15) is 0 Å². The molecule has 1 aromatic heterocycles. The van der Waals surface area contributed by atoms with Gasteiger partial charge in [0.2, 0.25) is 0 Å². The molecule has 0 saturated heterocycles. The van der Waals surface area contributed by atoms with Gasteiger partial charge in [-0.25, -0.2) is 4.98 Å². The highest BCUT2D eigenvalue weighted by Gasteiger charge is 2.17. The number of aromatic nitrogens is 1. The van der Waals surface area contributed by atoms with Crippen molar-refractivity contribution in [3.8, 4) is 0 Å². The van der Waals surface area contributed by atoms with Crippen LogP contribution in [-0.2, 0) is 13.1 Å². The maximum absolute atomic E-state index is 12.3. The molecule has 1 aromatic carbocycles. The van der Waals surface area contributed by atoms with E-state index in [2.05, 4.69) is 4.98 Å². The SMILES string of the molecule is CCN(Cc1ccccc1)C(=O)c1csc(CN)n1. The molecule has 0 aliphatic carbocycles. The molecule has 19 heavy (non-hydrogen) atoms. The summed E-state index contributed by atoms with van der Waals surface area (Å²) in [5.74, 6) is -0.0395. The van der Waals surface area contributed by atoms with Crippen molar-refractivity contribution in [2.24, 2.45) is 5.73 Å². The van der Waals surface area contributed by atoms with E-state index in [4.69, 9.17) is 5.73 Å². The van der Waals surface area contributed by atoms with E-state index < -0.39 is 0 Å². The predicted octanol–water partition coefficient (Wildman–Crippen LogP) is 2.26. The molecule has 0 fully saturated rings. The summed E-state index contributed by atoms with van der Waals surface area (Å²) in [7, 11) is 0. The topological polar surface area (TPSA) is 59.2 Å². The Morgan fingerprint density at radius 2 is 2.11 bits per heavy atom. The number of amides is 1. The van der Waals surface area contributed by atoms with Crippen LogP contribution in [0.5, 0.6) is 0 Å². The van der Waals surface area contributed by atoms with Crippen molar-refractivity contribution in [1.82, 2.24) is 9.88 Å². The van der Waals surface area contributed by atoms with Crippen LogP contribution in [0.1, 0.15) is 28.0 Å². The Bertz CT molecular complexity index is 539. The number of rotatable bonds is 5. The number of thiazole rings is 1. The Morgan fingerprint density at radius 1 is 1.37 bits per heavy atom. The van der Waals surface area contributed by atoms with Crippen molar-refractivity contribution < 1.29 is 4.79 Å². The summed E-state index contributed by atoms with van der Waals surface area (Å²) in [4.78, 5) is 18.4. The minimum Gasteiger partial charge on any atom is -0.333 e. The smallest absolute Gasteiger partial charge is 0.273 e. The van der Waals surface area contributed by atoms with Crippen LogP contribution in [0.3, 0.4) is 0 Å². The van der Waals surface area contributed by atoms with Crippen LogP contribution in [-0.4, -0.2) is 22.3 Å². The van der Waals surface area contributed by atoms with Crippen LogP contribution >= 0.6 is 11.3 Å². The quantitative estimate of drug-likeness (QED) is 0.910. The summed E-state index contributed by atoms with van der Waals surface area (Å²) >= 11 is 1.43. The van der Waals surface area contributed by atoms with Crippen molar-refractivity contribution >= 4 is 17.2 Å². The fraction of sp³-hybridized carbons (Fsp3) is 0.286. The maximum Gasteiger partial charge on any atom is 0.273 e. The lowest BCUT2D eigenvalue weighted by Crippen LogP contribution is -2.30. The first-order chi connectivity index (χ1) is 9.24. The van der Waals surface area contributed by atoms with Crippen LogP contribution in [0.15, 0.2) is 35.7 Å². The first-order valence-corrected chi connectivity index (χ1v) is 7.10. The van der Waals surface area contributed by atoms with Gasteiger partial charge in [-0.1, -0.05) is 30.3 Å². The Morgan fingerprint density at radius 3 is 2.68 bits per heavy atom. The minimum atomic E-state index is -0.0395. The third-order valence-corrected chi connectivity index (χ3v) is 3.70. The molecule has 2 N–H and O–H groups in total. The van der Waals surface area contributed by atoms with Gasteiger partial charge < -0.3 is 10.6 Å². The zero-order valence-corrected chi connectivity index (χ0v) is 11.7. The molecule has 4 nitrogen and oxygen atoms in total. The summed E-state index contributed by atoms with van der Waals surface area (Å²) in [5.41, 5.74) is 7.13. The van der Waals surface area contributed by atoms with E-state index in [1.165, 1.54) is 11.3 Å². The van der Waals surface area contributed by atoms with Gasteiger partial charge in [0.25, 0.3) is 5.91 Å². The third kappa shape index (κ3) is 3.39. The van der Waals surface area contributed by atoms with Gasteiger partial charge in [-0.3, -0.25) is 4.79 Å². The highest BCUT2D eigenvalue weighted by molar-refractivity contribution is 7.09. The molecule has 2 aromatic rings. The van der Waals surface area contributed by atoms with Crippen molar-refractivity contribution in [2.45, 2.75) is 20.0 Å². The summed E-state index contributed by atoms with van der Waals surface area (Å²) < 4.78 is 0. The first-order valence-electron chi connectivity index (χ1n) is 6.22. The molecule has 0 unspecified atom stereocenters. The number of hydrogen-bond acceptors (Lipinski definition) is 4. The lowest BCUT2D eigenvalue weighted by atomic mass is 10.2. The van der Waals surface area contributed by atoms with Gasteiger partial charge in [0.05, 0.1) is 0 Å². The molecule has 2 rings (SSSR count). The molecule has 5 heteroatoms. The standard InChI is InChI=1S/C14H17N3OS/c1-2-17(9-11-6-4-3-5-7-11)14(18)12-10-19-13(8-15)16-12/h3-7,10H,2,8-9,15H2,1H3. The molecule has 0 atom stereocenters. The third-order valence-electron chi connectivity index (χ3n) is 2.83. The number of nitrogens with zero attached hydrogens (tertiary/aromatic N) is 2. The Labute approximate surface area is 116 Å². The highest BCUT2D eigenvalue weighted by atomic mass is 32.1. The van der Waals surface area contributed by atoms with Gasteiger partial charge in [-0.15, -0.1) is 11.3 Å². The predicted molar refractivity (Wildman–Crippen MR) is 76.9 cm³/mol. The van der Waals surface area contributed by atoms with E-state index in [1.54, 1.807) is 10.3 Å². The molecule has 0 spiro atoms. The minimum absolute atomic E-state index is 0.0395. The number of nitrogens with two attached hydrogens (primary N) is 1. The van der Waals surface area contributed by atoms with Crippen molar-refractivity contribution in [3.05, 3.63) is 52.0 Å². The molecule has 0 saturated carbocycles. The van der Waals surface area contributed by atoms with Crippen molar-refractivity contribution in [1.29, 1.82) is 0 Å². The summed E-state index contributed by atoms with van der Waals surface area (Å²) in [6, 6.07) is 9.95. The molecule has 1 heterocycles. The normalized spacial score (nSPS) is 10.4. The van der Waals surface area contributed by atoms with Crippen molar-refractivity contribution in [2.75, 3.05) is 6.54 Å². The molecule has 1 amide bonds. The van der Waals surface area contributed by atoms with E-state index in [0.717, 1.165) is 10.6 Å². The molecule has 0 radical (unpaired) electrons. The zero-order chi connectivity index (χ0) is 13.7. The fourth-order valence-corrected chi connectivity index (χ4v) is 2.44. The summed E-state index contributed by atoms with van der Waals surface area (Å²) in [6.45, 7) is 3.61. The van der Waals surface area contributed by atoms with Crippen LogP contribution in [0.2, 0.25) is 0 Å². The number of benzene rings is 1. The first kappa shape index (κ1) is 13.7. The summed E-state index contributed by atoms with van der Waals surface area (Å²) in [5, 5.41) is 2.57. The number of carbonyl (C=O) groups is 1.